The van der Waals surface area contributed by atoms with Crippen LogP contribution < -0.4 is 10.1 Å². The molecule has 0 bridgehead atoms. The maximum atomic E-state index is 12.1. The fourth-order valence-electron chi connectivity index (χ4n) is 2.53. The number of hydrogen-bond donors (Lipinski definition) is 1. The number of amides is 1. The molecule has 1 aromatic heterocycles. The predicted molar refractivity (Wildman–Crippen MR) is 104 cm³/mol. The van der Waals surface area contributed by atoms with Crippen LogP contribution in [0.5, 0.6) is 5.75 Å². The number of nitrogens with one attached hydrogen (secondary N) is 1. The summed E-state index contributed by atoms with van der Waals surface area (Å²) in [7, 11) is 1.29. The molecule has 0 aliphatic rings. The Kier molecular flexibility index (Phi) is 6.38. The van der Waals surface area contributed by atoms with Gasteiger partial charge in [0.05, 0.1) is 18.2 Å². The number of methoxy groups -OCH3 is 1. The van der Waals surface area contributed by atoms with E-state index in [0.29, 0.717) is 5.76 Å². The highest BCUT2D eigenvalue weighted by Gasteiger charge is 2.19. The second kappa shape index (κ2) is 9.32. The van der Waals surface area contributed by atoms with E-state index in [1.54, 1.807) is 0 Å². The Morgan fingerprint density at radius 1 is 1.20 bits per heavy atom. The van der Waals surface area contributed by atoms with Crippen LogP contribution in [0.4, 0.5) is 5.69 Å². The lowest BCUT2D eigenvalue weighted by Gasteiger charge is -2.07. The zero-order valence-electron chi connectivity index (χ0n) is 15.9. The molecule has 0 aliphatic heterocycles. The number of nitro groups is 1. The molecule has 2 aromatic carbocycles. The second-order valence-electron chi connectivity index (χ2n) is 5.97. The SMILES string of the molecule is COc1ccc(C(=O)NCC(=O)OCc2ncc(-c3ccccc3)o2)cc1[N+](=O)[O-]. The van der Waals surface area contributed by atoms with Crippen LogP contribution in [0, 0.1) is 10.1 Å². The first kappa shape index (κ1) is 20.5. The molecule has 1 amide bonds. The number of carbonyl (C=O) groups excluding carboxylic acids is 2. The van der Waals surface area contributed by atoms with Gasteiger partial charge in [-0.1, -0.05) is 30.3 Å². The molecule has 10 heteroatoms. The van der Waals surface area contributed by atoms with Crippen molar-refractivity contribution in [2.24, 2.45) is 0 Å². The zero-order chi connectivity index (χ0) is 21.5. The summed E-state index contributed by atoms with van der Waals surface area (Å²) < 4.78 is 15.4. The monoisotopic (exact) mass is 411 g/mol. The van der Waals surface area contributed by atoms with E-state index in [1.807, 2.05) is 30.3 Å². The number of nitro benzene ring substituents is 1. The molecule has 0 saturated heterocycles. The average Bonchev–Trinajstić information content (AvgIpc) is 3.25. The molecule has 0 saturated carbocycles. The van der Waals surface area contributed by atoms with E-state index in [9.17, 15) is 19.7 Å². The van der Waals surface area contributed by atoms with Gasteiger partial charge in [0, 0.05) is 17.2 Å². The van der Waals surface area contributed by atoms with E-state index in [1.165, 1.54) is 25.4 Å². The van der Waals surface area contributed by atoms with Crippen molar-refractivity contribution in [1.82, 2.24) is 10.3 Å². The van der Waals surface area contributed by atoms with Crippen LogP contribution in [-0.2, 0) is 16.1 Å². The number of carbonyl (C=O) groups is 2. The number of aromatic nitrogens is 1. The molecule has 0 atom stereocenters. The highest BCUT2D eigenvalue weighted by molar-refractivity contribution is 5.96. The molecule has 0 fully saturated rings. The maximum Gasteiger partial charge on any atom is 0.325 e. The molecule has 154 valence electrons. The van der Waals surface area contributed by atoms with Crippen LogP contribution in [0.2, 0.25) is 0 Å². The Bertz CT molecular complexity index is 1060. The molecule has 0 unspecified atom stereocenters. The molecule has 0 spiro atoms. The van der Waals surface area contributed by atoms with Gasteiger partial charge >= 0.3 is 11.7 Å². The summed E-state index contributed by atoms with van der Waals surface area (Å²) >= 11 is 0. The smallest absolute Gasteiger partial charge is 0.325 e. The third kappa shape index (κ3) is 4.98. The number of hydrogen-bond acceptors (Lipinski definition) is 8. The van der Waals surface area contributed by atoms with E-state index in [-0.39, 0.29) is 29.5 Å². The van der Waals surface area contributed by atoms with E-state index in [0.717, 1.165) is 11.6 Å². The Balaban J connectivity index is 1.51. The maximum absolute atomic E-state index is 12.1. The summed E-state index contributed by atoms with van der Waals surface area (Å²) in [6.07, 6.45) is 1.52. The normalized spacial score (nSPS) is 10.3. The first-order chi connectivity index (χ1) is 14.5. The number of benzene rings is 2. The molecule has 3 aromatic rings. The van der Waals surface area contributed by atoms with Gasteiger partial charge in [0.15, 0.2) is 18.1 Å². The molecule has 1 heterocycles. The summed E-state index contributed by atoms with van der Waals surface area (Å²) in [4.78, 5) is 38.4. The van der Waals surface area contributed by atoms with Gasteiger partial charge in [-0.25, -0.2) is 4.98 Å². The lowest BCUT2D eigenvalue weighted by molar-refractivity contribution is -0.385. The molecule has 1 N–H and O–H groups in total. The van der Waals surface area contributed by atoms with Crippen molar-refractivity contribution in [1.29, 1.82) is 0 Å². The Hall–Kier alpha value is -4.21. The van der Waals surface area contributed by atoms with Gasteiger partial charge in [0.2, 0.25) is 5.89 Å². The molecule has 0 aliphatic carbocycles. The molecule has 0 radical (unpaired) electrons. The molecular weight excluding hydrogens is 394 g/mol. The topological polar surface area (TPSA) is 134 Å². The fourth-order valence-corrected chi connectivity index (χ4v) is 2.53. The van der Waals surface area contributed by atoms with Gasteiger partial charge in [-0.15, -0.1) is 0 Å². The quantitative estimate of drug-likeness (QED) is 0.340. The van der Waals surface area contributed by atoms with E-state index >= 15 is 0 Å². The largest absolute Gasteiger partial charge is 0.490 e. The molecular formula is C20H17N3O7. The van der Waals surface area contributed by atoms with Gasteiger partial charge in [-0.05, 0) is 12.1 Å². The summed E-state index contributed by atoms with van der Waals surface area (Å²) in [5.74, 6) is -0.613. The zero-order valence-corrected chi connectivity index (χ0v) is 15.9. The van der Waals surface area contributed by atoms with Crippen molar-refractivity contribution in [3.63, 3.8) is 0 Å². The standard InChI is InChI=1S/C20H17N3O7/c1-28-16-8-7-14(9-15(16)23(26)27)20(25)22-11-19(24)29-12-18-21-10-17(30-18)13-5-3-2-4-6-13/h2-10H,11-12H2,1H3,(H,22,25). The van der Waals surface area contributed by atoms with Crippen LogP contribution in [-0.4, -0.2) is 35.4 Å². The van der Waals surface area contributed by atoms with Crippen molar-refractivity contribution in [3.8, 4) is 17.1 Å². The van der Waals surface area contributed by atoms with Crippen LogP contribution in [0.1, 0.15) is 16.2 Å². The van der Waals surface area contributed by atoms with Gasteiger partial charge in [0.25, 0.3) is 5.91 Å². The minimum Gasteiger partial charge on any atom is -0.490 e. The van der Waals surface area contributed by atoms with Crippen molar-refractivity contribution in [3.05, 3.63) is 76.3 Å². The van der Waals surface area contributed by atoms with E-state index in [2.05, 4.69) is 10.3 Å². The Morgan fingerprint density at radius 3 is 2.67 bits per heavy atom. The van der Waals surface area contributed by atoms with Crippen molar-refractivity contribution >= 4 is 17.6 Å². The third-order valence-corrected chi connectivity index (χ3v) is 4.00. The highest BCUT2D eigenvalue weighted by atomic mass is 16.6. The lowest BCUT2D eigenvalue weighted by Crippen LogP contribution is -2.30. The highest BCUT2D eigenvalue weighted by Crippen LogP contribution is 2.27. The van der Waals surface area contributed by atoms with Crippen LogP contribution in [0.25, 0.3) is 11.3 Å². The summed E-state index contributed by atoms with van der Waals surface area (Å²) in [5, 5.41) is 13.4. The molecule has 3 rings (SSSR count). The number of nitrogens with zero attached hydrogens (tertiary/aromatic N) is 2. The average molecular weight is 411 g/mol. The van der Waals surface area contributed by atoms with E-state index < -0.39 is 23.3 Å². The Morgan fingerprint density at radius 2 is 1.97 bits per heavy atom. The van der Waals surface area contributed by atoms with Crippen LogP contribution in [0.3, 0.4) is 0 Å². The summed E-state index contributed by atoms with van der Waals surface area (Å²) in [6, 6.07) is 13.0. The number of oxazole rings is 1. The Labute approximate surface area is 170 Å². The first-order valence-electron chi connectivity index (χ1n) is 8.74. The van der Waals surface area contributed by atoms with Crippen LogP contribution in [0.15, 0.2) is 59.1 Å². The first-order valence-corrected chi connectivity index (χ1v) is 8.74. The third-order valence-electron chi connectivity index (χ3n) is 4.00. The fraction of sp³-hybridized carbons (Fsp3) is 0.150. The van der Waals surface area contributed by atoms with Gasteiger partial charge < -0.3 is 19.2 Å². The minimum absolute atomic E-state index is 0.00973. The summed E-state index contributed by atoms with van der Waals surface area (Å²) in [6.45, 7) is -0.625. The second-order valence-corrected chi connectivity index (χ2v) is 5.97. The van der Waals surface area contributed by atoms with Gasteiger partial charge in [0.1, 0.15) is 6.54 Å². The number of ether oxygens (including phenoxy) is 2. The lowest BCUT2D eigenvalue weighted by atomic mass is 10.1. The molecule has 30 heavy (non-hydrogen) atoms. The molecule has 10 nitrogen and oxygen atoms in total. The van der Waals surface area contributed by atoms with Gasteiger partial charge in [-0.3, -0.25) is 19.7 Å². The minimum atomic E-state index is -0.717. The van der Waals surface area contributed by atoms with Crippen molar-refractivity contribution < 1.29 is 28.4 Å². The van der Waals surface area contributed by atoms with Gasteiger partial charge in [-0.2, -0.15) is 0 Å². The van der Waals surface area contributed by atoms with Crippen LogP contribution >= 0.6 is 0 Å². The van der Waals surface area contributed by atoms with E-state index in [4.69, 9.17) is 13.9 Å². The van der Waals surface area contributed by atoms with Crippen molar-refractivity contribution in [2.45, 2.75) is 6.61 Å². The predicted octanol–water partition coefficient (Wildman–Crippen LogP) is 2.73. The number of esters is 1. The summed E-state index contributed by atoms with van der Waals surface area (Å²) in [5.41, 5.74) is 0.491. The number of rotatable bonds is 8. The van der Waals surface area contributed by atoms with Crippen molar-refractivity contribution in [2.75, 3.05) is 13.7 Å².